The lowest BCUT2D eigenvalue weighted by molar-refractivity contribution is -0.133. The van der Waals surface area contributed by atoms with E-state index in [0.29, 0.717) is 38.0 Å². The Labute approximate surface area is 187 Å². The second kappa shape index (κ2) is 9.30. The molecule has 8 heteroatoms. The number of H-pyrrole nitrogens is 1. The number of nitrogens with one attached hydrogen (secondary N) is 2. The van der Waals surface area contributed by atoms with Gasteiger partial charge in [0.25, 0.3) is 5.91 Å². The number of carbonyl (C=O) groups is 2. The fourth-order valence-corrected chi connectivity index (χ4v) is 4.56. The molecule has 3 heterocycles. The highest BCUT2D eigenvalue weighted by Crippen LogP contribution is 2.37. The van der Waals surface area contributed by atoms with Crippen LogP contribution in [0.1, 0.15) is 41.4 Å². The number of hydrogen-bond acceptors (Lipinski definition) is 5. The van der Waals surface area contributed by atoms with Crippen LogP contribution in [-0.4, -0.2) is 56.5 Å². The Balaban J connectivity index is 1.69. The fraction of sp³-hybridized carbons (Fsp3) is 0.375. The van der Waals surface area contributed by atoms with E-state index < -0.39 is 5.41 Å². The maximum absolute atomic E-state index is 13.4. The van der Waals surface area contributed by atoms with E-state index in [-0.39, 0.29) is 11.8 Å². The molecule has 1 atom stereocenters. The number of benzene rings is 1. The average molecular weight is 433 g/mol. The summed E-state index contributed by atoms with van der Waals surface area (Å²) >= 11 is 0. The van der Waals surface area contributed by atoms with Gasteiger partial charge in [-0.15, -0.1) is 0 Å². The number of carbonyl (C=O) groups excluding carboxylic acids is 2. The Morgan fingerprint density at radius 1 is 1.19 bits per heavy atom. The van der Waals surface area contributed by atoms with E-state index >= 15 is 0 Å². The Morgan fingerprint density at radius 3 is 2.69 bits per heavy atom. The van der Waals surface area contributed by atoms with Crippen LogP contribution in [0.25, 0.3) is 11.1 Å². The van der Waals surface area contributed by atoms with Crippen molar-refractivity contribution in [2.45, 2.75) is 33.1 Å². The summed E-state index contributed by atoms with van der Waals surface area (Å²) in [5.74, 6) is -0.102. The third-order valence-corrected chi connectivity index (χ3v) is 6.16. The smallest absolute Gasteiger partial charge is 0.257 e. The Bertz CT molecular complexity index is 1100. The van der Waals surface area contributed by atoms with E-state index in [4.69, 9.17) is 0 Å². The van der Waals surface area contributed by atoms with Crippen LogP contribution < -0.4 is 5.32 Å². The topological polar surface area (TPSA) is 104 Å². The molecule has 3 aromatic rings. The molecule has 1 unspecified atom stereocenters. The SMILES string of the molecule is CCNC(=O)C1(Cc2ccccc2-c2cncnc2)CCCN(C(=O)c2cn[nH]c2C)C1. The molecule has 1 aliphatic heterocycles. The van der Waals surface area contributed by atoms with Crippen LogP contribution in [0.3, 0.4) is 0 Å². The van der Waals surface area contributed by atoms with Gasteiger partial charge in [-0.2, -0.15) is 5.10 Å². The highest BCUT2D eigenvalue weighted by atomic mass is 16.2. The first-order chi connectivity index (χ1) is 15.5. The fourth-order valence-electron chi connectivity index (χ4n) is 4.56. The minimum Gasteiger partial charge on any atom is -0.356 e. The van der Waals surface area contributed by atoms with E-state index in [1.807, 2.05) is 38.1 Å². The highest BCUT2D eigenvalue weighted by molar-refractivity contribution is 5.95. The molecule has 166 valence electrons. The largest absolute Gasteiger partial charge is 0.356 e. The summed E-state index contributed by atoms with van der Waals surface area (Å²) in [6, 6.07) is 8.03. The molecule has 2 N–H and O–H groups in total. The average Bonchev–Trinajstić information content (AvgIpc) is 3.25. The quantitative estimate of drug-likeness (QED) is 0.623. The second-order valence-corrected chi connectivity index (χ2v) is 8.34. The Morgan fingerprint density at radius 2 is 1.97 bits per heavy atom. The zero-order valence-electron chi connectivity index (χ0n) is 18.5. The number of hydrogen-bond donors (Lipinski definition) is 2. The predicted octanol–water partition coefficient (Wildman–Crippen LogP) is 2.78. The van der Waals surface area contributed by atoms with Gasteiger partial charge in [0.15, 0.2) is 0 Å². The number of rotatable bonds is 6. The van der Waals surface area contributed by atoms with Gasteiger partial charge in [-0.1, -0.05) is 24.3 Å². The molecule has 1 fully saturated rings. The predicted molar refractivity (Wildman–Crippen MR) is 121 cm³/mol. The zero-order valence-corrected chi connectivity index (χ0v) is 18.5. The minimum absolute atomic E-state index is 0.0134. The van der Waals surface area contributed by atoms with Crippen LogP contribution in [-0.2, 0) is 11.2 Å². The number of amides is 2. The number of piperidine rings is 1. The van der Waals surface area contributed by atoms with Gasteiger partial charge in [0.1, 0.15) is 6.33 Å². The van der Waals surface area contributed by atoms with E-state index in [1.165, 1.54) is 6.33 Å². The van der Waals surface area contributed by atoms with Gasteiger partial charge in [0.2, 0.25) is 5.91 Å². The second-order valence-electron chi connectivity index (χ2n) is 8.34. The molecule has 2 amide bonds. The molecule has 1 aliphatic rings. The number of aromatic amines is 1. The van der Waals surface area contributed by atoms with Crippen molar-refractivity contribution in [1.29, 1.82) is 0 Å². The first kappa shape index (κ1) is 21.7. The Kier molecular flexibility index (Phi) is 6.30. The summed E-state index contributed by atoms with van der Waals surface area (Å²) in [5, 5.41) is 9.84. The van der Waals surface area contributed by atoms with Gasteiger partial charge in [0.05, 0.1) is 17.2 Å². The summed E-state index contributed by atoms with van der Waals surface area (Å²) in [6.45, 7) is 5.28. The van der Waals surface area contributed by atoms with E-state index in [2.05, 4.69) is 25.5 Å². The van der Waals surface area contributed by atoms with Crippen LogP contribution in [0.2, 0.25) is 0 Å². The first-order valence-electron chi connectivity index (χ1n) is 10.9. The molecular formula is C24H28N6O2. The number of likely N-dealkylation sites (tertiary alicyclic amines) is 1. The van der Waals surface area contributed by atoms with Crippen LogP contribution in [0.5, 0.6) is 0 Å². The van der Waals surface area contributed by atoms with Crippen LogP contribution >= 0.6 is 0 Å². The lowest BCUT2D eigenvalue weighted by Gasteiger charge is -2.42. The van der Waals surface area contributed by atoms with Crippen LogP contribution in [0.15, 0.2) is 49.2 Å². The number of aryl methyl sites for hydroxylation is 1. The van der Waals surface area contributed by atoms with Crippen molar-refractivity contribution in [3.63, 3.8) is 0 Å². The van der Waals surface area contributed by atoms with Crippen molar-refractivity contribution in [3.05, 3.63) is 66.0 Å². The molecular weight excluding hydrogens is 404 g/mol. The molecule has 4 rings (SSSR count). The molecule has 0 radical (unpaired) electrons. The van der Waals surface area contributed by atoms with Crippen molar-refractivity contribution in [1.82, 2.24) is 30.4 Å². The lowest BCUT2D eigenvalue weighted by Crippen LogP contribution is -2.54. The van der Waals surface area contributed by atoms with Crippen molar-refractivity contribution in [3.8, 4) is 11.1 Å². The van der Waals surface area contributed by atoms with Gasteiger partial charge >= 0.3 is 0 Å². The Hall–Kier alpha value is -3.55. The van der Waals surface area contributed by atoms with Crippen molar-refractivity contribution >= 4 is 11.8 Å². The number of aromatic nitrogens is 4. The molecule has 1 saturated heterocycles. The highest BCUT2D eigenvalue weighted by Gasteiger charge is 2.44. The lowest BCUT2D eigenvalue weighted by atomic mass is 9.73. The maximum Gasteiger partial charge on any atom is 0.257 e. The van der Waals surface area contributed by atoms with Gasteiger partial charge in [-0.25, -0.2) is 9.97 Å². The van der Waals surface area contributed by atoms with Crippen LogP contribution in [0.4, 0.5) is 0 Å². The van der Waals surface area contributed by atoms with Crippen molar-refractivity contribution in [2.75, 3.05) is 19.6 Å². The summed E-state index contributed by atoms with van der Waals surface area (Å²) in [5.41, 5.74) is 3.53. The van der Waals surface area contributed by atoms with Crippen molar-refractivity contribution < 1.29 is 9.59 Å². The molecule has 1 aromatic carbocycles. The third-order valence-electron chi connectivity index (χ3n) is 6.16. The normalized spacial score (nSPS) is 18.4. The summed E-state index contributed by atoms with van der Waals surface area (Å²) in [6.07, 6.45) is 8.63. The minimum atomic E-state index is -0.715. The number of nitrogens with zero attached hydrogens (tertiary/aromatic N) is 4. The van der Waals surface area contributed by atoms with Gasteiger partial charge in [-0.3, -0.25) is 14.7 Å². The molecule has 2 aromatic heterocycles. The van der Waals surface area contributed by atoms with E-state index in [0.717, 1.165) is 28.8 Å². The van der Waals surface area contributed by atoms with Gasteiger partial charge in [0, 0.05) is 43.3 Å². The van der Waals surface area contributed by atoms with E-state index in [9.17, 15) is 9.59 Å². The van der Waals surface area contributed by atoms with Gasteiger partial charge < -0.3 is 10.2 Å². The van der Waals surface area contributed by atoms with Crippen molar-refractivity contribution in [2.24, 2.45) is 5.41 Å². The molecule has 8 nitrogen and oxygen atoms in total. The zero-order chi connectivity index (χ0) is 22.6. The summed E-state index contributed by atoms with van der Waals surface area (Å²) in [7, 11) is 0. The molecule has 32 heavy (non-hydrogen) atoms. The van der Waals surface area contributed by atoms with Crippen LogP contribution in [0, 0.1) is 12.3 Å². The maximum atomic E-state index is 13.4. The molecule has 0 bridgehead atoms. The first-order valence-corrected chi connectivity index (χ1v) is 10.9. The molecule has 0 saturated carbocycles. The van der Waals surface area contributed by atoms with E-state index in [1.54, 1.807) is 23.5 Å². The molecule has 0 spiro atoms. The summed E-state index contributed by atoms with van der Waals surface area (Å²) < 4.78 is 0. The summed E-state index contributed by atoms with van der Waals surface area (Å²) in [4.78, 5) is 36.7. The van der Waals surface area contributed by atoms with Gasteiger partial charge in [-0.05, 0) is 44.2 Å². The molecule has 0 aliphatic carbocycles. The third kappa shape index (κ3) is 4.26. The monoisotopic (exact) mass is 432 g/mol. The standard InChI is InChI=1S/C24H28N6O2/c1-3-27-23(32)24(9-6-10-30(15-24)22(31)21-14-28-29-17(21)2)11-18-7-4-5-8-20(18)19-12-25-16-26-13-19/h4-5,7-8,12-14,16H,3,6,9-11,15H2,1-2H3,(H,27,32)(H,28,29).